The van der Waals surface area contributed by atoms with Crippen molar-refractivity contribution in [3.05, 3.63) is 93.5 Å². The molecule has 39 heavy (non-hydrogen) atoms. The van der Waals surface area contributed by atoms with Crippen molar-refractivity contribution in [3.63, 3.8) is 0 Å². The molecule has 0 saturated carbocycles. The van der Waals surface area contributed by atoms with Crippen LogP contribution in [0.1, 0.15) is 52.6 Å². The Kier molecular flexibility index (Phi) is 7.16. The minimum Gasteiger partial charge on any atom is -0.465 e. The second-order valence-electron chi connectivity index (χ2n) is 10.5. The number of benzene rings is 3. The fourth-order valence-electron chi connectivity index (χ4n) is 6.28. The highest BCUT2D eigenvalue weighted by molar-refractivity contribution is 5.74. The Morgan fingerprint density at radius 3 is 2.59 bits per heavy atom. The predicted octanol–water partition coefficient (Wildman–Crippen LogP) is 5.82. The van der Waals surface area contributed by atoms with Crippen molar-refractivity contribution in [3.8, 4) is 11.1 Å². The molecule has 2 atom stereocenters. The molecule has 1 fully saturated rings. The van der Waals surface area contributed by atoms with Crippen LogP contribution in [0.25, 0.3) is 11.1 Å². The SMILES string of the molecule is CC(=O)NCCc1cccc(C)c1-c1ccc([C@H]2CN(C(=O)O)CC[C@@]23OCc2cc(F)c(F)cc23)c(C)c1. The fraction of sp³-hybridized carbons (Fsp3) is 0.355. The molecule has 0 unspecified atom stereocenters. The minimum atomic E-state index is -1.02. The number of nitrogens with one attached hydrogen (secondary N) is 1. The van der Waals surface area contributed by atoms with Gasteiger partial charge in [-0.3, -0.25) is 4.79 Å². The molecule has 0 aromatic heterocycles. The third kappa shape index (κ3) is 4.89. The van der Waals surface area contributed by atoms with Gasteiger partial charge >= 0.3 is 6.09 Å². The highest BCUT2D eigenvalue weighted by Gasteiger charge is 2.51. The molecular formula is C31H32F2N2O4. The average molecular weight is 535 g/mol. The van der Waals surface area contributed by atoms with Gasteiger partial charge < -0.3 is 20.1 Å². The summed E-state index contributed by atoms with van der Waals surface area (Å²) in [4.78, 5) is 24.7. The largest absolute Gasteiger partial charge is 0.465 e. The summed E-state index contributed by atoms with van der Waals surface area (Å²) in [5.74, 6) is -2.32. The van der Waals surface area contributed by atoms with Gasteiger partial charge in [0.15, 0.2) is 11.6 Å². The number of likely N-dealkylation sites (tertiary alicyclic amines) is 1. The Morgan fingerprint density at radius 1 is 1.10 bits per heavy atom. The molecule has 0 bridgehead atoms. The lowest BCUT2D eigenvalue weighted by molar-refractivity contribution is -0.118. The molecule has 2 aliphatic heterocycles. The lowest BCUT2D eigenvalue weighted by atomic mass is 9.71. The number of carbonyl (C=O) groups is 2. The first-order valence-corrected chi connectivity index (χ1v) is 13.1. The van der Waals surface area contributed by atoms with E-state index >= 15 is 0 Å². The molecule has 3 aromatic rings. The first kappa shape index (κ1) is 26.8. The second-order valence-corrected chi connectivity index (χ2v) is 10.5. The van der Waals surface area contributed by atoms with E-state index in [1.807, 2.05) is 25.1 Å². The zero-order valence-electron chi connectivity index (χ0n) is 22.3. The third-order valence-electron chi connectivity index (χ3n) is 8.14. The molecule has 2 N–H and O–H groups in total. The Hall–Kier alpha value is -3.78. The lowest BCUT2D eigenvalue weighted by Gasteiger charge is -2.45. The zero-order chi connectivity index (χ0) is 27.9. The van der Waals surface area contributed by atoms with E-state index in [9.17, 15) is 23.5 Å². The number of piperidine rings is 1. The normalized spacial score (nSPS) is 20.2. The number of nitrogens with zero attached hydrogens (tertiary/aromatic N) is 1. The van der Waals surface area contributed by atoms with Crippen molar-refractivity contribution in [1.82, 2.24) is 10.2 Å². The van der Waals surface area contributed by atoms with Gasteiger partial charge in [0.25, 0.3) is 0 Å². The van der Waals surface area contributed by atoms with Gasteiger partial charge in [-0.05, 0) is 83.3 Å². The van der Waals surface area contributed by atoms with Crippen LogP contribution in [0.5, 0.6) is 0 Å². The average Bonchev–Trinajstić information content (AvgIpc) is 3.22. The number of ether oxygens (including phenoxy) is 1. The topological polar surface area (TPSA) is 78.9 Å². The molecule has 6 nitrogen and oxygen atoms in total. The van der Waals surface area contributed by atoms with Crippen LogP contribution in [-0.2, 0) is 28.2 Å². The van der Waals surface area contributed by atoms with Crippen molar-refractivity contribution in [2.75, 3.05) is 19.6 Å². The number of fused-ring (bicyclic) bond motifs is 2. The number of aryl methyl sites for hydroxylation is 2. The maximum absolute atomic E-state index is 14.4. The van der Waals surface area contributed by atoms with Gasteiger partial charge in [0.1, 0.15) is 5.60 Å². The fourth-order valence-corrected chi connectivity index (χ4v) is 6.28. The Balaban J connectivity index is 1.56. The molecule has 0 aliphatic carbocycles. The Morgan fingerprint density at radius 2 is 1.87 bits per heavy atom. The predicted molar refractivity (Wildman–Crippen MR) is 144 cm³/mol. The number of hydrogen-bond donors (Lipinski definition) is 2. The molecule has 2 heterocycles. The molecule has 1 saturated heterocycles. The van der Waals surface area contributed by atoms with E-state index in [2.05, 4.69) is 30.4 Å². The van der Waals surface area contributed by atoms with Crippen LogP contribution in [0.15, 0.2) is 48.5 Å². The summed E-state index contributed by atoms with van der Waals surface area (Å²) in [7, 11) is 0. The maximum Gasteiger partial charge on any atom is 0.407 e. The number of carboxylic acid groups (broad SMARTS) is 1. The summed E-state index contributed by atoms with van der Waals surface area (Å²) >= 11 is 0. The Labute approximate surface area is 226 Å². The molecule has 2 aliphatic rings. The van der Waals surface area contributed by atoms with E-state index in [1.54, 1.807) is 0 Å². The minimum absolute atomic E-state index is 0.0699. The monoisotopic (exact) mass is 534 g/mol. The van der Waals surface area contributed by atoms with Crippen LogP contribution >= 0.6 is 0 Å². The van der Waals surface area contributed by atoms with Gasteiger partial charge in [0.05, 0.1) is 6.61 Å². The molecule has 5 rings (SSSR count). The van der Waals surface area contributed by atoms with E-state index in [0.717, 1.165) is 33.4 Å². The van der Waals surface area contributed by atoms with Gasteiger partial charge in [-0.25, -0.2) is 13.6 Å². The third-order valence-corrected chi connectivity index (χ3v) is 8.14. The van der Waals surface area contributed by atoms with Crippen LogP contribution in [0.2, 0.25) is 0 Å². The number of hydrogen-bond acceptors (Lipinski definition) is 3. The highest BCUT2D eigenvalue weighted by Crippen LogP contribution is 2.52. The molecule has 3 aromatic carbocycles. The van der Waals surface area contributed by atoms with E-state index in [-0.39, 0.29) is 25.6 Å². The van der Waals surface area contributed by atoms with Crippen LogP contribution in [0, 0.1) is 25.5 Å². The second kappa shape index (κ2) is 10.4. The van der Waals surface area contributed by atoms with Crippen molar-refractivity contribution < 1.29 is 28.2 Å². The number of amides is 2. The van der Waals surface area contributed by atoms with Gasteiger partial charge in [-0.2, -0.15) is 0 Å². The molecular weight excluding hydrogens is 502 g/mol. The molecule has 2 amide bonds. The molecule has 8 heteroatoms. The number of halogens is 2. The summed E-state index contributed by atoms with van der Waals surface area (Å²) in [5.41, 5.74) is 6.46. The van der Waals surface area contributed by atoms with E-state index < -0.39 is 29.2 Å². The molecule has 1 spiro atoms. The van der Waals surface area contributed by atoms with Gasteiger partial charge in [0, 0.05) is 32.5 Å². The van der Waals surface area contributed by atoms with E-state index in [1.165, 1.54) is 24.0 Å². The highest BCUT2D eigenvalue weighted by atomic mass is 19.2. The van der Waals surface area contributed by atoms with Gasteiger partial charge in [0.2, 0.25) is 5.91 Å². The quantitative estimate of drug-likeness (QED) is 0.432. The Bertz CT molecular complexity index is 1460. The standard InChI is InChI=1S/C31H32F2N2O4/c1-18-5-4-6-21(9-11-34-20(3)36)29(18)22-7-8-24(19(2)13-22)26-16-35(30(37)38)12-10-31(26)25-15-28(33)27(32)14-23(25)17-39-31/h4-8,13-15,26H,9-12,16-17H2,1-3H3,(H,34,36)(H,37,38)/t26-,31+/m1/s1. The summed E-state index contributed by atoms with van der Waals surface area (Å²) < 4.78 is 34.8. The van der Waals surface area contributed by atoms with E-state index in [4.69, 9.17) is 4.74 Å². The van der Waals surface area contributed by atoms with Gasteiger partial charge in [-0.15, -0.1) is 0 Å². The lowest BCUT2D eigenvalue weighted by Crippen LogP contribution is -2.50. The maximum atomic E-state index is 14.4. The van der Waals surface area contributed by atoms with Gasteiger partial charge in [-0.1, -0.05) is 36.4 Å². The van der Waals surface area contributed by atoms with Crippen LogP contribution < -0.4 is 5.32 Å². The van der Waals surface area contributed by atoms with Crippen molar-refractivity contribution in [1.29, 1.82) is 0 Å². The van der Waals surface area contributed by atoms with E-state index in [0.29, 0.717) is 30.5 Å². The van der Waals surface area contributed by atoms with Crippen molar-refractivity contribution in [2.45, 2.75) is 51.7 Å². The van der Waals surface area contributed by atoms with Crippen LogP contribution in [0.3, 0.4) is 0 Å². The first-order chi connectivity index (χ1) is 18.6. The number of carbonyl (C=O) groups excluding carboxylic acids is 1. The van der Waals surface area contributed by atoms with Crippen LogP contribution in [-0.4, -0.2) is 41.6 Å². The van der Waals surface area contributed by atoms with Crippen LogP contribution in [0.4, 0.5) is 13.6 Å². The zero-order valence-corrected chi connectivity index (χ0v) is 22.3. The van der Waals surface area contributed by atoms with Crippen molar-refractivity contribution >= 4 is 12.0 Å². The van der Waals surface area contributed by atoms with Crippen molar-refractivity contribution in [2.24, 2.45) is 0 Å². The smallest absolute Gasteiger partial charge is 0.407 e. The summed E-state index contributed by atoms with van der Waals surface area (Å²) in [6.07, 6.45) is 0.00830. The summed E-state index contributed by atoms with van der Waals surface area (Å²) in [5, 5.41) is 12.6. The number of rotatable bonds is 5. The summed E-state index contributed by atoms with van der Waals surface area (Å²) in [6, 6.07) is 14.7. The summed E-state index contributed by atoms with van der Waals surface area (Å²) in [6.45, 7) is 6.64. The first-order valence-electron chi connectivity index (χ1n) is 13.1. The molecule has 204 valence electrons. The molecule has 0 radical (unpaired) electrons.